The van der Waals surface area contributed by atoms with Crippen molar-refractivity contribution >= 4 is 27.3 Å². The van der Waals surface area contributed by atoms with Crippen molar-refractivity contribution in [1.82, 2.24) is 34.6 Å². The molecule has 0 aliphatic rings. The first-order chi connectivity index (χ1) is 10.5. The predicted octanol–water partition coefficient (Wildman–Crippen LogP) is 0.497. The van der Waals surface area contributed by atoms with Gasteiger partial charge in [0.2, 0.25) is 0 Å². The van der Waals surface area contributed by atoms with Crippen molar-refractivity contribution in [2.24, 2.45) is 14.1 Å². The van der Waals surface area contributed by atoms with Crippen molar-refractivity contribution in [1.29, 1.82) is 0 Å². The molecule has 3 aromatic heterocycles. The van der Waals surface area contributed by atoms with Gasteiger partial charge in [-0.3, -0.25) is 0 Å². The summed E-state index contributed by atoms with van der Waals surface area (Å²) in [6, 6.07) is 0. The van der Waals surface area contributed by atoms with Gasteiger partial charge in [-0.25, -0.2) is 14.5 Å². The minimum Gasteiger partial charge on any atom is -0.465 e. The highest BCUT2D eigenvalue weighted by molar-refractivity contribution is 9.10. The molecule has 0 saturated heterocycles. The van der Waals surface area contributed by atoms with Crippen molar-refractivity contribution in [2.75, 3.05) is 0 Å². The zero-order valence-corrected chi connectivity index (χ0v) is 13.4. The third kappa shape index (κ3) is 2.49. The van der Waals surface area contributed by atoms with Gasteiger partial charge in [0.1, 0.15) is 11.2 Å². The molecule has 0 aliphatic carbocycles. The predicted molar refractivity (Wildman–Crippen MR) is 77.5 cm³/mol. The second kappa shape index (κ2) is 5.41. The van der Waals surface area contributed by atoms with Gasteiger partial charge in [-0.05, 0) is 26.4 Å². The third-order valence-electron chi connectivity index (χ3n) is 2.69. The molecule has 110 valence electrons. The zero-order chi connectivity index (χ0) is 15.9. The lowest BCUT2D eigenvalue weighted by molar-refractivity contribution is 0.303. The zero-order valence-electron chi connectivity index (χ0n) is 12.0. The first-order valence-corrected chi connectivity index (χ1v) is 7.40. The van der Waals surface area contributed by atoms with Gasteiger partial charge in [-0.15, -0.1) is 4.68 Å². The van der Waals surface area contributed by atoms with E-state index in [1.165, 1.54) is 23.1 Å². The van der Waals surface area contributed by atoms with Crippen LogP contribution >= 0.6 is 27.3 Å². The Morgan fingerprint density at radius 2 is 2.24 bits per heavy atom. The van der Waals surface area contributed by atoms with E-state index >= 15 is 0 Å². The van der Waals surface area contributed by atoms with Crippen molar-refractivity contribution in [2.45, 2.75) is 6.61 Å². The SMILES string of the molecule is [3H]c1csc(OCc2c(Br)nn(C)c2-n2nnn(C)c2=O)n1. The van der Waals surface area contributed by atoms with Crippen molar-refractivity contribution in [3.05, 3.63) is 32.2 Å². The maximum Gasteiger partial charge on any atom is 0.369 e. The number of aryl methyl sites for hydroxylation is 2. The van der Waals surface area contributed by atoms with Gasteiger partial charge in [0, 0.05) is 25.6 Å². The quantitative estimate of drug-likeness (QED) is 0.660. The fraction of sp³-hybridized carbons (Fsp3) is 0.300. The van der Waals surface area contributed by atoms with E-state index in [4.69, 9.17) is 6.11 Å². The molecule has 3 rings (SSSR count). The molecular formula is C10H10BrN7O2S. The highest BCUT2D eigenvalue weighted by Crippen LogP contribution is 2.24. The molecule has 0 bridgehead atoms. The van der Waals surface area contributed by atoms with Crippen LogP contribution in [-0.2, 0) is 20.7 Å². The summed E-state index contributed by atoms with van der Waals surface area (Å²) in [5.41, 5.74) is 0.242. The average Bonchev–Trinajstić information content (AvgIpc) is 3.09. The van der Waals surface area contributed by atoms with Gasteiger partial charge in [-0.1, -0.05) is 11.3 Å². The van der Waals surface area contributed by atoms with Crippen LogP contribution in [0.15, 0.2) is 21.0 Å². The maximum atomic E-state index is 12.0. The Morgan fingerprint density at radius 1 is 1.43 bits per heavy atom. The molecule has 3 aromatic rings. The highest BCUT2D eigenvalue weighted by atomic mass is 79.9. The van der Waals surface area contributed by atoms with E-state index < -0.39 is 0 Å². The summed E-state index contributed by atoms with van der Waals surface area (Å²) in [6.45, 7) is 0.125. The molecule has 0 amide bonds. The number of aromatic nitrogens is 7. The maximum absolute atomic E-state index is 12.0. The Labute approximate surface area is 132 Å². The molecule has 21 heavy (non-hydrogen) atoms. The number of rotatable bonds is 4. The summed E-state index contributed by atoms with van der Waals surface area (Å²) in [5, 5.41) is 13.7. The van der Waals surface area contributed by atoms with E-state index in [1.807, 2.05) is 0 Å². The third-order valence-corrected chi connectivity index (χ3v) is 3.97. The Kier molecular flexibility index (Phi) is 3.27. The summed E-state index contributed by atoms with van der Waals surface area (Å²) >= 11 is 4.57. The van der Waals surface area contributed by atoms with E-state index in [0.29, 0.717) is 21.2 Å². The molecule has 3 heterocycles. The van der Waals surface area contributed by atoms with Gasteiger partial charge < -0.3 is 4.74 Å². The lowest BCUT2D eigenvalue weighted by Gasteiger charge is -2.05. The van der Waals surface area contributed by atoms with Crippen LogP contribution in [0.1, 0.15) is 6.93 Å². The number of halogens is 1. The van der Waals surface area contributed by atoms with E-state index in [0.717, 1.165) is 9.36 Å². The van der Waals surface area contributed by atoms with Crippen LogP contribution in [0.5, 0.6) is 5.19 Å². The van der Waals surface area contributed by atoms with Crippen molar-refractivity contribution < 1.29 is 6.11 Å². The average molecular weight is 374 g/mol. The molecule has 0 saturated carbocycles. The Bertz CT molecular complexity index is 882. The molecule has 0 atom stereocenters. The number of hydrogen-bond acceptors (Lipinski definition) is 7. The van der Waals surface area contributed by atoms with Gasteiger partial charge in [0.25, 0.3) is 5.19 Å². The minimum absolute atomic E-state index is 0.125. The summed E-state index contributed by atoms with van der Waals surface area (Å²) in [6.07, 6.45) is 0.149. The fourth-order valence-corrected chi connectivity index (χ4v) is 2.71. The Morgan fingerprint density at radius 3 is 2.86 bits per heavy atom. The number of nitrogens with zero attached hydrogens (tertiary/aromatic N) is 7. The minimum atomic E-state index is -0.389. The molecule has 0 aromatic carbocycles. The molecule has 0 aliphatic heterocycles. The van der Waals surface area contributed by atoms with Gasteiger partial charge in [0.05, 0.1) is 6.93 Å². The van der Waals surface area contributed by atoms with Crippen LogP contribution in [0.25, 0.3) is 5.82 Å². The lowest BCUT2D eigenvalue weighted by atomic mass is 10.3. The summed E-state index contributed by atoms with van der Waals surface area (Å²) in [5.74, 6) is 0.452. The highest BCUT2D eigenvalue weighted by Gasteiger charge is 2.20. The van der Waals surface area contributed by atoms with Crippen LogP contribution in [0.4, 0.5) is 0 Å². The lowest BCUT2D eigenvalue weighted by Crippen LogP contribution is -2.24. The van der Waals surface area contributed by atoms with Crippen LogP contribution in [0.2, 0.25) is 0 Å². The summed E-state index contributed by atoms with van der Waals surface area (Å²) in [7, 11) is 3.20. The summed E-state index contributed by atoms with van der Waals surface area (Å²) in [4.78, 5) is 15.9. The number of tetrazole rings is 1. The van der Waals surface area contributed by atoms with Gasteiger partial charge in [0.15, 0.2) is 5.82 Å². The molecule has 0 unspecified atom stereocenters. The molecule has 9 nitrogen and oxygen atoms in total. The second-order valence-electron chi connectivity index (χ2n) is 4.04. The largest absolute Gasteiger partial charge is 0.465 e. The first kappa shape index (κ1) is 12.7. The second-order valence-corrected chi connectivity index (χ2v) is 5.62. The van der Waals surface area contributed by atoms with E-state index in [9.17, 15) is 4.79 Å². The van der Waals surface area contributed by atoms with E-state index in [2.05, 4.69) is 36.4 Å². The number of ether oxygens (including phenoxy) is 1. The number of thiazole rings is 1. The standard InChI is InChI=1S/C10H10BrN7O2S/c1-16-8(18-10(19)17(2)14-15-18)6(7(11)13-16)5-20-9-12-3-4-21-9/h3-4H,5H2,1-2H3/i3T. The Balaban J connectivity index is 1.97. The van der Waals surface area contributed by atoms with Crippen molar-refractivity contribution in [3.63, 3.8) is 0 Å². The smallest absolute Gasteiger partial charge is 0.369 e. The summed E-state index contributed by atoms with van der Waals surface area (Å²) < 4.78 is 17.2. The van der Waals surface area contributed by atoms with Gasteiger partial charge in [-0.2, -0.15) is 9.78 Å². The molecule has 0 fully saturated rings. The molecule has 0 spiro atoms. The molecule has 11 heteroatoms. The van der Waals surface area contributed by atoms with E-state index in [-0.39, 0.29) is 18.5 Å². The fourth-order valence-electron chi connectivity index (χ4n) is 1.74. The molecule has 0 radical (unpaired) electrons. The normalized spacial score (nSPS) is 11.7. The van der Waals surface area contributed by atoms with Crippen LogP contribution in [-0.4, -0.2) is 34.6 Å². The van der Waals surface area contributed by atoms with Crippen LogP contribution in [0.3, 0.4) is 0 Å². The van der Waals surface area contributed by atoms with Crippen molar-refractivity contribution in [3.8, 4) is 11.0 Å². The first-order valence-electron chi connectivity index (χ1n) is 6.23. The number of hydrogen-bond donors (Lipinski definition) is 0. The van der Waals surface area contributed by atoms with Crippen LogP contribution < -0.4 is 10.4 Å². The monoisotopic (exact) mass is 373 g/mol. The van der Waals surface area contributed by atoms with Gasteiger partial charge >= 0.3 is 5.69 Å². The van der Waals surface area contributed by atoms with E-state index in [1.54, 1.807) is 12.4 Å². The Hall–Kier alpha value is -2.01. The molecule has 0 N–H and O–H groups in total. The molecular weight excluding hydrogens is 362 g/mol. The van der Waals surface area contributed by atoms with Crippen LogP contribution in [0, 0.1) is 0 Å². The topological polar surface area (TPSA) is 92.7 Å².